The maximum Gasteiger partial charge on any atom is 0.343 e. The number of aryl methyl sites for hydroxylation is 1. The highest BCUT2D eigenvalue weighted by Gasteiger charge is 2.13. The number of carbonyl (C=O) groups is 3. The molecular formula is C32H34O8. The van der Waals surface area contributed by atoms with Gasteiger partial charge >= 0.3 is 11.9 Å². The molecule has 210 valence electrons. The Morgan fingerprint density at radius 1 is 0.800 bits per heavy atom. The van der Waals surface area contributed by atoms with E-state index in [2.05, 4.69) is 25.6 Å². The second kappa shape index (κ2) is 16.6. The summed E-state index contributed by atoms with van der Waals surface area (Å²) in [6, 6.07) is 19.9. The monoisotopic (exact) mass is 546 g/mol. The van der Waals surface area contributed by atoms with Gasteiger partial charge in [-0.3, -0.25) is 4.79 Å². The Kier molecular flexibility index (Phi) is 12.6. The van der Waals surface area contributed by atoms with Crippen LogP contribution in [0.25, 0.3) is 11.1 Å². The number of carbonyl (C=O) groups excluding carboxylic acids is 3. The summed E-state index contributed by atoms with van der Waals surface area (Å²) in [6.07, 6.45) is 3.88. The number of rotatable bonds is 17. The average Bonchev–Trinajstić information content (AvgIpc) is 2.99. The maximum absolute atomic E-state index is 12.7. The summed E-state index contributed by atoms with van der Waals surface area (Å²) in [6.45, 7) is 7.30. The minimum atomic E-state index is -0.575. The summed E-state index contributed by atoms with van der Waals surface area (Å²) in [5, 5.41) is 0. The first kappa shape index (κ1) is 30.3. The van der Waals surface area contributed by atoms with Gasteiger partial charge in [-0.1, -0.05) is 50.3 Å². The van der Waals surface area contributed by atoms with Crippen LogP contribution in [0.15, 0.2) is 79.4 Å². The maximum atomic E-state index is 12.7. The second-order valence-corrected chi connectivity index (χ2v) is 8.68. The Hall–Kier alpha value is -4.27. The Balaban J connectivity index is 1.41. The van der Waals surface area contributed by atoms with Crippen molar-refractivity contribution in [2.45, 2.75) is 19.8 Å². The van der Waals surface area contributed by atoms with Crippen LogP contribution in [0, 0.1) is 0 Å². The van der Waals surface area contributed by atoms with Crippen LogP contribution in [0.3, 0.4) is 0 Å². The molecule has 0 aliphatic heterocycles. The lowest BCUT2D eigenvalue weighted by Gasteiger charge is -2.10. The summed E-state index contributed by atoms with van der Waals surface area (Å²) in [7, 11) is 0. The fourth-order valence-corrected chi connectivity index (χ4v) is 3.71. The second-order valence-electron chi connectivity index (χ2n) is 8.68. The lowest BCUT2D eigenvalue weighted by Crippen LogP contribution is -2.13. The van der Waals surface area contributed by atoms with Crippen LogP contribution in [-0.4, -0.2) is 57.9 Å². The van der Waals surface area contributed by atoms with Crippen LogP contribution >= 0.6 is 0 Å². The highest BCUT2D eigenvalue weighted by molar-refractivity contribution is 5.93. The van der Waals surface area contributed by atoms with Crippen LogP contribution in [-0.2, 0) is 25.4 Å². The predicted molar refractivity (Wildman–Crippen MR) is 151 cm³/mol. The molecule has 8 heteroatoms. The SMILES string of the molecule is C=CC(=O)OCCOCCOCCOc1ccc(C(=O)Oc2ccc(-c3ccc(CCC)cc3)cc2C=O)cc1. The molecule has 0 aliphatic rings. The van der Waals surface area contributed by atoms with Crippen LogP contribution in [0.4, 0.5) is 0 Å². The van der Waals surface area contributed by atoms with Gasteiger partial charge in [0.2, 0.25) is 0 Å². The van der Waals surface area contributed by atoms with Crippen LogP contribution in [0.2, 0.25) is 0 Å². The van der Waals surface area contributed by atoms with Gasteiger partial charge in [0, 0.05) is 6.08 Å². The Morgan fingerprint density at radius 2 is 1.45 bits per heavy atom. The zero-order chi connectivity index (χ0) is 28.6. The molecule has 0 unspecified atom stereocenters. The number of benzene rings is 3. The summed E-state index contributed by atoms with van der Waals surface area (Å²) in [5.41, 5.74) is 3.74. The van der Waals surface area contributed by atoms with Crippen molar-refractivity contribution < 1.29 is 38.1 Å². The third-order valence-corrected chi connectivity index (χ3v) is 5.76. The smallest absolute Gasteiger partial charge is 0.343 e. The van der Waals surface area contributed by atoms with Crippen molar-refractivity contribution in [3.63, 3.8) is 0 Å². The number of esters is 2. The van der Waals surface area contributed by atoms with Crippen LogP contribution in [0.1, 0.15) is 39.6 Å². The van der Waals surface area contributed by atoms with E-state index < -0.39 is 11.9 Å². The summed E-state index contributed by atoms with van der Waals surface area (Å²) in [4.78, 5) is 35.3. The van der Waals surface area contributed by atoms with Gasteiger partial charge in [0.1, 0.15) is 24.7 Å². The Labute approximate surface area is 234 Å². The molecule has 8 nitrogen and oxygen atoms in total. The normalized spacial score (nSPS) is 10.5. The molecule has 0 aliphatic carbocycles. The number of aldehydes is 1. The van der Waals surface area contributed by atoms with Crippen LogP contribution < -0.4 is 9.47 Å². The van der Waals surface area contributed by atoms with E-state index in [1.807, 2.05) is 18.2 Å². The van der Waals surface area contributed by atoms with E-state index in [0.717, 1.165) is 30.0 Å². The molecule has 0 spiro atoms. The number of hydrogen-bond donors (Lipinski definition) is 0. The van der Waals surface area contributed by atoms with E-state index in [0.29, 0.717) is 49.6 Å². The lowest BCUT2D eigenvalue weighted by atomic mass is 10.0. The van der Waals surface area contributed by atoms with Gasteiger partial charge in [-0.15, -0.1) is 0 Å². The fourth-order valence-electron chi connectivity index (χ4n) is 3.71. The van der Waals surface area contributed by atoms with Gasteiger partial charge in [0.15, 0.2) is 6.29 Å². The van der Waals surface area contributed by atoms with E-state index in [1.165, 1.54) is 5.56 Å². The van der Waals surface area contributed by atoms with Crippen molar-refractivity contribution in [2.75, 3.05) is 39.6 Å². The molecule has 0 heterocycles. The van der Waals surface area contributed by atoms with Gasteiger partial charge in [-0.05, 0) is 59.5 Å². The quantitative estimate of drug-likeness (QED) is 0.0722. The van der Waals surface area contributed by atoms with Gasteiger partial charge in [0.25, 0.3) is 0 Å². The molecule has 3 aromatic carbocycles. The van der Waals surface area contributed by atoms with Crippen molar-refractivity contribution >= 4 is 18.2 Å². The van der Waals surface area contributed by atoms with Crippen molar-refractivity contribution in [2.24, 2.45) is 0 Å². The molecular weight excluding hydrogens is 512 g/mol. The van der Waals surface area contributed by atoms with Crippen molar-refractivity contribution in [3.05, 3.63) is 96.1 Å². The predicted octanol–water partition coefficient (Wildman–Crippen LogP) is 5.48. The zero-order valence-electron chi connectivity index (χ0n) is 22.6. The molecule has 40 heavy (non-hydrogen) atoms. The van der Waals surface area contributed by atoms with E-state index >= 15 is 0 Å². The highest BCUT2D eigenvalue weighted by Crippen LogP contribution is 2.27. The van der Waals surface area contributed by atoms with Crippen molar-refractivity contribution in [3.8, 4) is 22.6 Å². The molecule has 0 N–H and O–H groups in total. The van der Waals surface area contributed by atoms with Crippen LogP contribution in [0.5, 0.6) is 11.5 Å². The summed E-state index contributed by atoms with van der Waals surface area (Å²) >= 11 is 0. The third-order valence-electron chi connectivity index (χ3n) is 5.76. The molecule has 0 saturated heterocycles. The average molecular weight is 547 g/mol. The van der Waals surface area contributed by atoms with E-state index in [-0.39, 0.29) is 19.0 Å². The lowest BCUT2D eigenvalue weighted by molar-refractivity contribution is -0.139. The molecule has 0 bridgehead atoms. The molecule has 0 amide bonds. The minimum Gasteiger partial charge on any atom is -0.491 e. The Morgan fingerprint density at radius 3 is 2.10 bits per heavy atom. The molecule has 0 saturated carbocycles. The molecule has 0 fully saturated rings. The molecule has 3 aromatic rings. The molecule has 0 aromatic heterocycles. The topological polar surface area (TPSA) is 97.4 Å². The van der Waals surface area contributed by atoms with Crippen molar-refractivity contribution in [1.29, 1.82) is 0 Å². The standard InChI is InChI=1S/C32H34O8/c1-3-5-24-6-8-25(9-7-24)27-12-15-30(28(22-27)23-33)40-32(35)26-10-13-29(14-11-26)38-20-18-36-16-17-37-19-21-39-31(34)4-2/h4,6-15,22-23H,2-3,5,16-21H2,1H3. The van der Waals surface area contributed by atoms with Crippen molar-refractivity contribution in [1.82, 2.24) is 0 Å². The minimum absolute atomic E-state index is 0.163. The van der Waals surface area contributed by atoms with Gasteiger partial charge < -0.3 is 23.7 Å². The molecule has 3 rings (SSSR count). The first-order valence-corrected chi connectivity index (χ1v) is 13.1. The fraction of sp³-hybridized carbons (Fsp3) is 0.281. The van der Waals surface area contributed by atoms with Gasteiger partial charge in [-0.25, -0.2) is 9.59 Å². The number of hydrogen-bond acceptors (Lipinski definition) is 8. The summed E-state index contributed by atoms with van der Waals surface area (Å²) < 4.78 is 26.6. The van der Waals surface area contributed by atoms with Gasteiger partial charge in [0.05, 0.1) is 37.6 Å². The third kappa shape index (κ3) is 9.80. The van der Waals surface area contributed by atoms with E-state index in [9.17, 15) is 14.4 Å². The largest absolute Gasteiger partial charge is 0.491 e. The van der Waals surface area contributed by atoms with E-state index in [1.54, 1.807) is 36.4 Å². The Bertz CT molecular complexity index is 1250. The van der Waals surface area contributed by atoms with E-state index in [4.69, 9.17) is 23.7 Å². The highest BCUT2D eigenvalue weighted by atomic mass is 16.6. The summed E-state index contributed by atoms with van der Waals surface area (Å²) in [5.74, 6) is -0.286. The zero-order valence-corrected chi connectivity index (χ0v) is 22.6. The molecule has 0 radical (unpaired) electrons. The number of ether oxygens (including phenoxy) is 5. The van der Waals surface area contributed by atoms with Gasteiger partial charge in [-0.2, -0.15) is 0 Å². The first-order valence-electron chi connectivity index (χ1n) is 13.1. The molecule has 0 atom stereocenters. The first-order chi connectivity index (χ1) is 19.5.